The normalized spacial score (nSPS) is 12.6. The van der Waals surface area contributed by atoms with Crippen LogP contribution in [0.25, 0.3) is 0 Å². The van der Waals surface area contributed by atoms with Crippen molar-refractivity contribution in [1.29, 1.82) is 0 Å². The standard InChI is InChI=1S/C18H23ClN2/c1-2-21(14-15-6-4-3-5-7-15)13-12-18(20)16-8-10-17(19)11-9-16/h3-11,18H,2,12-14,20H2,1H3. The van der Waals surface area contributed by atoms with Crippen molar-refractivity contribution in [2.45, 2.75) is 25.9 Å². The zero-order valence-electron chi connectivity index (χ0n) is 12.5. The molecule has 112 valence electrons. The van der Waals surface area contributed by atoms with Gasteiger partial charge in [-0.3, -0.25) is 4.90 Å². The first kappa shape index (κ1) is 16.0. The fraction of sp³-hybridized carbons (Fsp3) is 0.333. The van der Waals surface area contributed by atoms with Gasteiger partial charge in [0.05, 0.1) is 0 Å². The van der Waals surface area contributed by atoms with E-state index in [9.17, 15) is 0 Å². The molecule has 0 aliphatic carbocycles. The van der Waals surface area contributed by atoms with Crippen LogP contribution in [0.15, 0.2) is 54.6 Å². The van der Waals surface area contributed by atoms with E-state index >= 15 is 0 Å². The molecule has 0 amide bonds. The topological polar surface area (TPSA) is 29.3 Å². The first-order valence-electron chi connectivity index (χ1n) is 7.46. The highest BCUT2D eigenvalue weighted by molar-refractivity contribution is 6.30. The van der Waals surface area contributed by atoms with Gasteiger partial charge in [0, 0.05) is 24.2 Å². The van der Waals surface area contributed by atoms with Crippen LogP contribution in [0, 0.1) is 0 Å². The van der Waals surface area contributed by atoms with E-state index in [2.05, 4.69) is 42.2 Å². The molecule has 0 aliphatic rings. The lowest BCUT2D eigenvalue weighted by molar-refractivity contribution is 0.268. The summed E-state index contributed by atoms with van der Waals surface area (Å²) in [6, 6.07) is 18.5. The Kier molecular flexibility index (Phi) is 6.24. The molecule has 0 fully saturated rings. The minimum atomic E-state index is 0.0621. The van der Waals surface area contributed by atoms with Crippen molar-refractivity contribution in [2.75, 3.05) is 13.1 Å². The van der Waals surface area contributed by atoms with Crippen molar-refractivity contribution >= 4 is 11.6 Å². The van der Waals surface area contributed by atoms with Gasteiger partial charge in [0.25, 0.3) is 0 Å². The van der Waals surface area contributed by atoms with Crippen molar-refractivity contribution in [3.8, 4) is 0 Å². The molecule has 0 saturated heterocycles. The first-order chi connectivity index (χ1) is 10.2. The summed E-state index contributed by atoms with van der Waals surface area (Å²) in [4.78, 5) is 2.42. The summed E-state index contributed by atoms with van der Waals surface area (Å²) in [5.41, 5.74) is 8.77. The van der Waals surface area contributed by atoms with Crippen LogP contribution in [0.3, 0.4) is 0 Å². The number of benzene rings is 2. The lowest BCUT2D eigenvalue weighted by Crippen LogP contribution is -2.27. The Labute approximate surface area is 132 Å². The third kappa shape index (κ3) is 5.16. The van der Waals surface area contributed by atoms with E-state index in [0.29, 0.717) is 0 Å². The van der Waals surface area contributed by atoms with E-state index in [1.165, 1.54) is 5.56 Å². The number of nitrogens with zero attached hydrogens (tertiary/aromatic N) is 1. The average Bonchev–Trinajstić information content (AvgIpc) is 2.52. The van der Waals surface area contributed by atoms with Gasteiger partial charge in [-0.15, -0.1) is 0 Å². The summed E-state index contributed by atoms with van der Waals surface area (Å²) in [6.07, 6.45) is 0.947. The molecule has 3 heteroatoms. The van der Waals surface area contributed by atoms with Crippen LogP contribution in [0.1, 0.15) is 30.5 Å². The minimum Gasteiger partial charge on any atom is -0.324 e. The number of hydrogen-bond donors (Lipinski definition) is 1. The number of nitrogens with two attached hydrogens (primary N) is 1. The van der Waals surface area contributed by atoms with E-state index in [0.717, 1.165) is 36.6 Å². The van der Waals surface area contributed by atoms with Crippen molar-refractivity contribution in [2.24, 2.45) is 5.73 Å². The second-order valence-corrected chi connectivity index (χ2v) is 5.74. The molecule has 2 nitrogen and oxygen atoms in total. The Balaban J connectivity index is 1.86. The third-order valence-corrected chi connectivity index (χ3v) is 4.00. The molecule has 21 heavy (non-hydrogen) atoms. The van der Waals surface area contributed by atoms with E-state index in [1.807, 2.05) is 24.3 Å². The van der Waals surface area contributed by atoms with Crippen LogP contribution in [0.5, 0.6) is 0 Å². The number of halogens is 1. The largest absolute Gasteiger partial charge is 0.324 e. The Morgan fingerprint density at radius 1 is 1.05 bits per heavy atom. The molecule has 0 radical (unpaired) electrons. The zero-order valence-corrected chi connectivity index (χ0v) is 13.3. The number of rotatable bonds is 7. The molecule has 0 bridgehead atoms. The molecule has 0 heterocycles. The Bertz CT molecular complexity index is 525. The van der Waals surface area contributed by atoms with Crippen LogP contribution >= 0.6 is 11.6 Å². The maximum atomic E-state index is 6.27. The highest BCUT2D eigenvalue weighted by atomic mass is 35.5. The molecule has 1 unspecified atom stereocenters. The molecule has 2 aromatic rings. The molecular formula is C18H23ClN2. The highest BCUT2D eigenvalue weighted by Gasteiger charge is 2.09. The monoisotopic (exact) mass is 302 g/mol. The van der Waals surface area contributed by atoms with Gasteiger partial charge in [0.2, 0.25) is 0 Å². The molecule has 0 spiro atoms. The van der Waals surface area contributed by atoms with Crippen molar-refractivity contribution < 1.29 is 0 Å². The van der Waals surface area contributed by atoms with Gasteiger partial charge in [0.15, 0.2) is 0 Å². The molecule has 1 atom stereocenters. The average molecular weight is 303 g/mol. The van der Waals surface area contributed by atoms with Gasteiger partial charge < -0.3 is 5.73 Å². The maximum absolute atomic E-state index is 6.27. The van der Waals surface area contributed by atoms with Gasteiger partial charge in [0.1, 0.15) is 0 Å². The Morgan fingerprint density at radius 2 is 1.71 bits per heavy atom. The Morgan fingerprint density at radius 3 is 2.33 bits per heavy atom. The molecule has 2 N–H and O–H groups in total. The predicted molar refractivity (Wildman–Crippen MR) is 90.4 cm³/mol. The van der Waals surface area contributed by atoms with Crippen LogP contribution < -0.4 is 5.73 Å². The van der Waals surface area contributed by atoms with Gasteiger partial charge in [-0.2, -0.15) is 0 Å². The van der Waals surface area contributed by atoms with Crippen molar-refractivity contribution in [1.82, 2.24) is 4.90 Å². The predicted octanol–water partition coefficient (Wildman–Crippen LogP) is 4.25. The second-order valence-electron chi connectivity index (χ2n) is 5.30. The van der Waals surface area contributed by atoms with E-state index in [1.54, 1.807) is 0 Å². The number of hydrogen-bond acceptors (Lipinski definition) is 2. The van der Waals surface area contributed by atoms with Gasteiger partial charge in [-0.05, 0) is 36.2 Å². The van der Waals surface area contributed by atoms with Crippen LogP contribution in [-0.2, 0) is 6.54 Å². The highest BCUT2D eigenvalue weighted by Crippen LogP contribution is 2.18. The van der Waals surface area contributed by atoms with Crippen LogP contribution in [-0.4, -0.2) is 18.0 Å². The van der Waals surface area contributed by atoms with Gasteiger partial charge >= 0.3 is 0 Å². The quantitative estimate of drug-likeness (QED) is 0.828. The van der Waals surface area contributed by atoms with Gasteiger partial charge in [-0.1, -0.05) is 61.0 Å². The molecule has 0 aliphatic heterocycles. The van der Waals surface area contributed by atoms with Crippen molar-refractivity contribution in [3.05, 3.63) is 70.7 Å². The molecule has 2 aromatic carbocycles. The lowest BCUT2D eigenvalue weighted by atomic mass is 10.0. The summed E-state index contributed by atoms with van der Waals surface area (Å²) < 4.78 is 0. The van der Waals surface area contributed by atoms with E-state index in [-0.39, 0.29) is 6.04 Å². The first-order valence-corrected chi connectivity index (χ1v) is 7.84. The minimum absolute atomic E-state index is 0.0621. The SMILES string of the molecule is CCN(CCC(N)c1ccc(Cl)cc1)Cc1ccccc1. The smallest absolute Gasteiger partial charge is 0.0406 e. The van der Waals surface area contributed by atoms with Gasteiger partial charge in [-0.25, -0.2) is 0 Å². The molecule has 0 saturated carbocycles. The lowest BCUT2D eigenvalue weighted by Gasteiger charge is -2.22. The fourth-order valence-corrected chi connectivity index (χ4v) is 2.51. The summed E-state index contributed by atoms with van der Waals surface area (Å²) >= 11 is 5.91. The summed E-state index contributed by atoms with van der Waals surface area (Å²) in [5.74, 6) is 0. The summed E-state index contributed by atoms with van der Waals surface area (Å²) in [6.45, 7) is 5.19. The third-order valence-electron chi connectivity index (χ3n) is 3.75. The fourth-order valence-electron chi connectivity index (χ4n) is 2.39. The zero-order chi connectivity index (χ0) is 15.1. The van der Waals surface area contributed by atoms with E-state index in [4.69, 9.17) is 17.3 Å². The Hall–Kier alpha value is -1.35. The molecular weight excluding hydrogens is 280 g/mol. The summed E-state index contributed by atoms with van der Waals surface area (Å²) in [5, 5.41) is 0.755. The van der Waals surface area contributed by atoms with Crippen molar-refractivity contribution in [3.63, 3.8) is 0 Å². The molecule has 0 aromatic heterocycles. The summed E-state index contributed by atoms with van der Waals surface area (Å²) in [7, 11) is 0. The van der Waals surface area contributed by atoms with E-state index < -0.39 is 0 Å². The second kappa shape index (κ2) is 8.18. The molecule has 2 rings (SSSR count). The van der Waals surface area contributed by atoms with Crippen LogP contribution in [0.4, 0.5) is 0 Å². The maximum Gasteiger partial charge on any atom is 0.0406 e. The van der Waals surface area contributed by atoms with Crippen LogP contribution in [0.2, 0.25) is 5.02 Å².